The van der Waals surface area contributed by atoms with Crippen LogP contribution >= 0.6 is 11.3 Å². The first-order chi connectivity index (χ1) is 14.2. The molecular weight excluding hydrogens is 382 g/mol. The predicted octanol–water partition coefficient (Wildman–Crippen LogP) is 4.23. The van der Waals surface area contributed by atoms with Crippen molar-refractivity contribution < 1.29 is 9.53 Å². The molecule has 2 aliphatic heterocycles. The highest BCUT2D eigenvalue weighted by atomic mass is 32.1. The van der Waals surface area contributed by atoms with Crippen molar-refractivity contribution in [1.29, 1.82) is 0 Å². The Morgan fingerprint density at radius 2 is 1.93 bits per heavy atom. The Bertz CT molecular complexity index is 1010. The number of rotatable bonds is 5. The van der Waals surface area contributed by atoms with Crippen LogP contribution in [0.1, 0.15) is 40.9 Å². The number of piperidine rings is 1. The van der Waals surface area contributed by atoms with E-state index in [1.807, 2.05) is 12.1 Å². The standard InChI is InChI=1S/C23H25N3O2S/c1-28-20-19-8-5-11-24-23(19)29-21(20)22(27)25-16-12-17-9-10-18(13-16)26(17)14-15-6-3-2-4-7-15/h2-8,11,16-18H,9-10,12-14H2,1H3,(H,25,27)/t16?,17-,18+. The van der Waals surface area contributed by atoms with Gasteiger partial charge in [-0.25, -0.2) is 4.98 Å². The quantitative estimate of drug-likeness (QED) is 0.688. The van der Waals surface area contributed by atoms with Crippen LogP contribution in [0.3, 0.4) is 0 Å². The van der Waals surface area contributed by atoms with Gasteiger partial charge in [-0.15, -0.1) is 11.3 Å². The lowest BCUT2D eigenvalue weighted by molar-refractivity contribution is 0.0829. The molecule has 1 aromatic carbocycles. The minimum atomic E-state index is -0.0363. The monoisotopic (exact) mass is 407 g/mol. The Labute approximate surface area is 174 Å². The molecule has 1 unspecified atom stereocenters. The molecule has 5 rings (SSSR count). The molecule has 4 heterocycles. The number of fused-ring (bicyclic) bond motifs is 3. The molecule has 2 saturated heterocycles. The second kappa shape index (κ2) is 7.76. The van der Waals surface area contributed by atoms with Gasteiger partial charge in [0.25, 0.3) is 5.91 Å². The Kier molecular flexibility index (Phi) is 4.97. The van der Waals surface area contributed by atoms with E-state index in [1.54, 1.807) is 13.3 Å². The third-order valence-corrected chi connectivity index (χ3v) is 7.35. The van der Waals surface area contributed by atoms with E-state index in [1.165, 1.54) is 29.7 Å². The lowest BCUT2D eigenvalue weighted by Crippen LogP contribution is -2.49. The largest absolute Gasteiger partial charge is 0.494 e. The van der Waals surface area contributed by atoms with Crippen LogP contribution in [0.15, 0.2) is 48.7 Å². The zero-order chi connectivity index (χ0) is 19.8. The summed E-state index contributed by atoms with van der Waals surface area (Å²) in [7, 11) is 1.62. The van der Waals surface area contributed by atoms with Gasteiger partial charge in [-0.3, -0.25) is 9.69 Å². The van der Waals surface area contributed by atoms with Gasteiger partial charge in [-0.2, -0.15) is 0 Å². The van der Waals surface area contributed by atoms with Crippen LogP contribution in [0, 0.1) is 0 Å². The summed E-state index contributed by atoms with van der Waals surface area (Å²) in [6.07, 6.45) is 6.22. The van der Waals surface area contributed by atoms with Gasteiger partial charge in [-0.1, -0.05) is 30.3 Å². The van der Waals surface area contributed by atoms with Gasteiger partial charge in [0.2, 0.25) is 0 Å². The van der Waals surface area contributed by atoms with Gasteiger partial charge in [-0.05, 0) is 43.4 Å². The normalized spacial score (nSPS) is 24.0. The first kappa shape index (κ1) is 18.6. The molecule has 0 aliphatic carbocycles. The van der Waals surface area contributed by atoms with Gasteiger partial charge in [0.15, 0.2) is 5.75 Å². The van der Waals surface area contributed by atoms with E-state index in [4.69, 9.17) is 4.74 Å². The number of amides is 1. The number of thiophene rings is 1. The topological polar surface area (TPSA) is 54.5 Å². The van der Waals surface area contributed by atoms with Crippen LogP contribution in [0.2, 0.25) is 0 Å². The van der Waals surface area contributed by atoms with Crippen LogP contribution in [-0.4, -0.2) is 41.0 Å². The summed E-state index contributed by atoms with van der Waals surface area (Å²) in [5, 5.41) is 4.20. The summed E-state index contributed by atoms with van der Waals surface area (Å²) in [6, 6.07) is 15.8. The molecule has 150 valence electrons. The van der Waals surface area contributed by atoms with Crippen molar-refractivity contribution in [2.24, 2.45) is 0 Å². The van der Waals surface area contributed by atoms with Crippen molar-refractivity contribution in [3.8, 4) is 5.75 Å². The van der Waals surface area contributed by atoms with E-state index in [0.29, 0.717) is 22.7 Å². The average Bonchev–Trinajstić information content (AvgIpc) is 3.22. The van der Waals surface area contributed by atoms with Crippen LogP contribution in [0.5, 0.6) is 5.75 Å². The van der Waals surface area contributed by atoms with Gasteiger partial charge in [0.05, 0.1) is 12.5 Å². The number of hydrogen-bond acceptors (Lipinski definition) is 5. The van der Waals surface area contributed by atoms with E-state index in [-0.39, 0.29) is 11.9 Å². The molecule has 5 nitrogen and oxygen atoms in total. The molecule has 2 fully saturated rings. The number of nitrogens with zero attached hydrogens (tertiary/aromatic N) is 2. The zero-order valence-electron chi connectivity index (χ0n) is 16.5. The number of benzene rings is 1. The lowest BCUT2D eigenvalue weighted by Gasteiger charge is -2.39. The van der Waals surface area contributed by atoms with Crippen molar-refractivity contribution in [1.82, 2.24) is 15.2 Å². The molecule has 0 spiro atoms. The van der Waals surface area contributed by atoms with E-state index < -0.39 is 0 Å². The first-order valence-corrected chi connectivity index (χ1v) is 11.1. The predicted molar refractivity (Wildman–Crippen MR) is 115 cm³/mol. The van der Waals surface area contributed by atoms with Crippen molar-refractivity contribution >= 4 is 27.5 Å². The summed E-state index contributed by atoms with van der Waals surface area (Å²) in [5.41, 5.74) is 1.37. The maximum absolute atomic E-state index is 13.0. The molecule has 0 saturated carbocycles. The van der Waals surface area contributed by atoms with Gasteiger partial charge in [0, 0.05) is 30.9 Å². The highest BCUT2D eigenvalue weighted by molar-refractivity contribution is 7.20. The van der Waals surface area contributed by atoms with Crippen molar-refractivity contribution in [3.05, 3.63) is 59.1 Å². The molecule has 2 aliphatic rings. The first-order valence-electron chi connectivity index (χ1n) is 10.2. The summed E-state index contributed by atoms with van der Waals surface area (Å²) >= 11 is 1.41. The average molecular weight is 408 g/mol. The number of nitrogens with one attached hydrogen (secondary N) is 1. The van der Waals surface area contributed by atoms with Gasteiger partial charge < -0.3 is 10.1 Å². The number of methoxy groups -OCH3 is 1. The van der Waals surface area contributed by atoms with Crippen LogP contribution in [-0.2, 0) is 6.54 Å². The molecular formula is C23H25N3O2S. The number of ether oxygens (including phenoxy) is 1. The molecule has 0 radical (unpaired) electrons. The van der Waals surface area contributed by atoms with Crippen LogP contribution in [0.25, 0.3) is 10.2 Å². The Balaban J connectivity index is 1.29. The molecule has 3 aromatic rings. The fourth-order valence-electron chi connectivity index (χ4n) is 4.96. The van der Waals surface area contributed by atoms with Crippen molar-refractivity contribution in [2.45, 2.75) is 50.4 Å². The number of carbonyl (C=O) groups excluding carboxylic acids is 1. The Morgan fingerprint density at radius 1 is 1.17 bits per heavy atom. The highest BCUT2D eigenvalue weighted by Crippen LogP contribution is 2.39. The minimum Gasteiger partial charge on any atom is -0.494 e. The van der Waals surface area contributed by atoms with Crippen molar-refractivity contribution in [2.75, 3.05) is 7.11 Å². The van der Waals surface area contributed by atoms with E-state index in [0.717, 1.165) is 29.6 Å². The molecule has 1 N–H and O–H groups in total. The number of aromatic nitrogens is 1. The third-order valence-electron chi connectivity index (χ3n) is 6.26. The maximum atomic E-state index is 13.0. The maximum Gasteiger partial charge on any atom is 0.265 e. The fraction of sp³-hybridized carbons (Fsp3) is 0.391. The summed E-state index contributed by atoms with van der Waals surface area (Å²) < 4.78 is 5.55. The SMILES string of the molecule is COc1c(C(=O)NC2C[C@H]3CC[C@@H](C2)N3Cc2ccccc2)sc2ncccc12. The fourth-order valence-corrected chi connectivity index (χ4v) is 5.97. The number of carbonyl (C=O) groups is 1. The van der Waals surface area contributed by atoms with Gasteiger partial charge >= 0.3 is 0 Å². The molecule has 3 atom stereocenters. The molecule has 2 aromatic heterocycles. The molecule has 2 bridgehead atoms. The minimum absolute atomic E-state index is 0.0363. The molecule has 1 amide bonds. The Hall–Kier alpha value is -2.44. The summed E-state index contributed by atoms with van der Waals surface area (Å²) in [6.45, 7) is 1.01. The molecule has 29 heavy (non-hydrogen) atoms. The second-order valence-corrected chi connectivity index (χ2v) is 9.00. The van der Waals surface area contributed by atoms with Crippen LogP contribution in [0.4, 0.5) is 0 Å². The number of pyridine rings is 1. The Morgan fingerprint density at radius 3 is 2.66 bits per heavy atom. The second-order valence-electron chi connectivity index (χ2n) is 8.01. The van der Waals surface area contributed by atoms with Crippen molar-refractivity contribution in [3.63, 3.8) is 0 Å². The van der Waals surface area contributed by atoms with E-state index >= 15 is 0 Å². The molecule has 6 heteroatoms. The zero-order valence-corrected chi connectivity index (χ0v) is 17.3. The summed E-state index contributed by atoms with van der Waals surface area (Å²) in [4.78, 5) is 21.5. The smallest absolute Gasteiger partial charge is 0.265 e. The lowest BCUT2D eigenvalue weighted by atomic mass is 9.96. The highest BCUT2D eigenvalue weighted by Gasteiger charge is 2.41. The van der Waals surface area contributed by atoms with E-state index in [2.05, 4.69) is 45.5 Å². The number of hydrogen-bond donors (Lipinski definition) is 1. The third kappa shape index (κ3) is 3.51. The van der Waals surface area contributed by atoms with E-state index in [9.17, 15) is 4.79 Å². The van der Waals surface area contributed by atoms with Crippen LogP contribution < -0.4 is 10.1 Å². The van der Waals surface area contributed by atoms with Gasteiger partial charge in [0.1, 0.15) is 9.71 Å². The summed E-state index contributed by atoms with van der Waals surface area (Å²) in [5.74, 6) is 0.603.